The van der Waals surface area contributed by atoms with Crippen LogP contribution in [0.15, 0.2) is 53.9 Å². The summed E-state index contributed by atoms with van der Waals surface area (Å²) in [4.78, 5) is 5.74. The lowest BCUT2D eigenvalue weighted by Gasteiger charge is -2.41. The van der Waals surface area contributed by atoms with Crippen LogP contribution in [0.3, 0.4) is 0 Å². The Kier molecular flexibility index (Phi) is 4.63. The van der Waals surface area contributed by atoms with Gasteiger partial charge < -0.3 is 9.72 Å². The number of benzene rings is 2. The van der Waals surface area contributed by atoms with Gasteiger partial charge in [-0.25, -0.2) is 4.39 Å². The highest BCUT2D eigenvalue weighted by molar-refractivity contribution is 6.07. The molecule has 0 atom stereocenters. The second-order valence-corrected chi connectivity index (χ2v) is 7.15. The minimum atomic E-state index is -0.0755. The largest absolute Gasteiger partial charge is 0.486 e. The van der Waals surface area contributed by atoms with Gasteiger partial charge in [-0.3, -0.25) is 4.90 Å². The number of aromatic nitrogens is 1. The number of nitrogens with one attached hydrogen (secondary N) is 1. The summed E-state index contributed by atoms with van der Waals surface area (Å²) < 4.78 is 20.5. The number of piperidine rings is 3. The van der Waals surface area contributed by atoms with Crippen molar-refractivity contribution in [2.45, 2.75) is 12.8 Å². The third-order valence-electron chi connectivity index (χ3n) is 5.67. The first-order valence-corrected chi connectivity index (χ1v) is 9.01. The van der Waals surface area contributed by atoms with Crippen LogP contribution in [0, 0.1) is 5.92 Å². The number of fused-ring (bicyclic) bond motifs is 6. The molecule has 6 rings (SSSR count). The number of para-hydroxylation sites is 1. The molecule has 0 unspecified atom stereocenters. The van der Waals surface area contributed by atoms with E-state index >= 15 is 0 Å². The number of hydrogen-bond acceptors (Lipinski definition) is 2. The Morgan fingerprint density at radius 2 is 1.85 bits per heavy atom. The van der Waals surface area contributed by atoms with Crippen LogP contribution in [0.5, 0.6) is 5.75 Å². The minimum Gasteiger partial charge on any atom is -0.486 e. The van der Waals surface area contributed by atoms with E-state index in [1.807, 2.05) is 30.3 Å². The van der Waals surface area contributed by atoms with Gasteiger partial charge in [0.2, 0.25) is 0 Å². The van der Waals surface area contributed by atoms with Crippen molar-refractivity contribution in [1.82, 2.24) is 9.88 Å². The van der Waals surface area contributed by atoms with Gasteiger partial charge in [0.05, 0.1) is 0 Å². The molecule has 3 aromatic rings. The maximum absolute atomic E-state index is 14.7. The Morgan fingerprint density at radius 3 is 2.62 bits per heavy atom. The Labute approximate surface area is 158 Å². The molecule has 136 valence electrons. The van der Waals surface area contributed by atoms with E-state index < -0.39 is 0 Å². The van der Waals surface area contributed by atoms with Gasteiger partial charge in [-0.1, -0.05) is 18.2 Å². The third-order valence-corrected chi connectivity index (χ3v) is 5.67. The fourth-order valence-electron chi connectivity index (χ4n) is 4.27. The normalized spacial score (nSPS) is 23.9. The fraction of sp³-hybridized carbons (Fsp3) is 0.333. The van der Waals surface area contributed by atoms with E-state index in [0.717, 1.165) is 54.5 Å². The summed E-state index contributed by atoms with van der Waals surface area (Å²) in [5.41, 5.74) is 3.14. The van der Waals surface area contributed by atoms with Gasteiger partial charge in [-0.15, -0.1) is 12.4 Å². The molecule has 0 radical (unpaired) electrons. The first-order valence-electron chi connectivity index (χ1n) is 9.01. The Bertz CT molecular complexity index is 972. The number of rotatable bonds is 3. The highest BCUT2D eigenvalue weighted by Gasteiger charge is 2.31. The molecule has 2 aromatic carbocycles. The van der Waals surface area contributed by atoms with Crippen molar-refractivity contribution in [3.63, 3.8) is 0 Å². The molecule has 0 saturated carbocycles. The molecule has 1 N–H and O–H groups in total. The van der Waals surface area contributed by atoms with Crippen molar-refractivity contribution in [2.24, 2.45) is 5.92 Å². The maximum atomic E-state index is 14.7. The Hall–Kier alpha value is -2.04. The van der Waals surface area contributed by atoms with E-state index in [0.29, 0.717) is 11.7 Å². The van der Waals surface area contributed by atoms with Crippen molar-refractivity contribution in [1.29, 1.82) is 0 Å². The predicted molar refractivity (Wildman–Crippen MR) is 106 cm³/mol. The molecule has 2 bridgehead atoms. The van der Waals surface area contributed by atoms with Gasteiger partial charge in [0.25, 0.3) is 0 Å². The van der Waals surface area contributed by atoms with E-state index in [1.54, 1.807) is 0 Å². The van der Waals surface area contributed by atoms with Crippen LogP contribution in [0.2, 0.25) is 0 Å². The summed E-state index contributed by atoms with van der Waals surface area (Å²) in [6.45, 7) is 3.04. The van der Waals surface area contributed by atoms with Gasteiger partial charge in [-0.05, 0) is 61.7 Å². The molecule has 3 fully saturated rings. The zero-order chi connectivity index (χ0) is 16.8. The maximum Gasteiger partial charge on any atom is 0.140 e. The lowest BCUT2D eigenvalue weighted by atomic mass is 9.83. The van der Waals surface area contributed by atoms with E-state index in [-0.39, 0.29) is 24.8 Å². The predicted octanol–water partition coefficient (Wildman–Crippen LogP) is 5.07. The van der Waals surface area contributed by atoms with E-state index in [2.05, 4.69) is 22.0 Å². The van der Waals surface area contributed by atoms with Gasteiger partial charge in [-0.2, -0.15) is 0 Å². The number of nitrogens with zero attached hydrogens (tertiary/aromatic N) is 1. The molecule has 1 aromatic heterocycles. The highest BCUT2D eigenvalue weighted by atomic mass is 35.5. The summed E-state index contributed by atoms with van der Waals surface area (Å²) >= 11 is 0. The third kappa shape index (κ3) is 2.97. The lowest BCUT2D eigenvalue weighted by molar-refractivity contribution is 0.154. The smallest absolute Gasteiger partial charge is 0.140 e. The van der Waals surface area contributed by atoms with Crippen molar-refractivity contribution in [3.05, 3.63) is 53.9 Å². The molecular weight excluding hydrogens is 351 g/mol. The topological polar surface area (TPSA) is 28.3 Å². The van der Waals surface area contributed by atoms with Crippen molar-refractivity contribution < 1.29 is 9.13 Å². The fourth-order valence-corrected chi connectivity index (χ4v) is 4.27. The summed E-state index contributed by atoms with van der Waals surface area (Å²) in [7, 11) is 0. The molecule has 26 heavy (non-hydrogen) atoms. The number of H-pyrrole nitrogens is 1. The molecule has 3 nitrogen and oxygen atoms in total. The molecule has 0 amide bonds. The van der Waals surface area contributed by atoms with Crippen molar-refractivity contribution in [2.75, 3.05) is 26.2 Å². The van der Waals surface area contributed by atoms with Crippen molar-refractivity contribution >= 4 is 34.2 Å². The van der Waals surface area contributed by atoms with Gasteiger partial charge in [0.1, 0.15) is 18.2 Å². The average Bonchev–Trinajstić information content (AvgIpc) is 3.05. The van der Waals surface area contributed by atoms with Gasteiger partial charge >= 0.3 is 0 Å². The molecule has 3 aliphatic rings. The molecule has 4 heterocycles. The molecule has 0 aliphatic carbocycles. The molecule has 0 spiro atoms. The highest BCUT2D eigenvalue weighted by Crippen LogP contribution is 2.34. The molecular formula is C21H22ClFN2O. The first-order chi connectivity index (χ1) is 12.3. The Balaban J connectivity index is 0.00000168. The zero-order valence-corrected chi connectivity index (χ0v) is 15.3. The van der Waals surface area contributed by atoms with E-state index in [4.69, 9.17) is 4.74 Å². The summed E-state index contributed by atoms with van der Waals surface area (Å²) in [5.74, 6) is 1.06. The minimum absolute atomic E-state index is 0. The van der Waals surface area contributed by atoms with Crippen LogP contribution in [-0.2, 0) is 0 Å². The van der Waals surface area contributed by atoms with Crippen LogP contribution >= 0.6 is 12.4 Å². The van der Waals surface area contributed by atoms with E-state index in [9.17, 15) is 4.39 Å². The number of halogens is 2. The van der Waals surface area contributed by atoms with Crippen LogP contribution < -0.4 is 4.74 Å². The van der Waals surface area contributed by atoms with Crippen LogP contribution in [-0.4, -0.2) is 36.1 Å². The molecule has 3 aliphatic heterocycles. The zero-order valence-electron chi connectivity index (χ0n) is 14.5. The van der Waals surface area contributed by atoms with Crippen LogP contribution in [0.1, 0.15) is 12.8 Å². The van der Waals surface area contributed by atoms with Gasteiger partial charge in [0, 0.05) is 28.4 Å². The second-order valence-electron chi connectivity index (χ2n) is 7.15. The van der Waals surface area contributed by atoms with Crippen molar-refractivity contribution in [3.8, 4) is 5.75 Å². The lowest BCUT2D eigenvalue weighted by Crippen LogP contribution is -2.43. The summed E-state index contributed by atoms with van der Waals surface area (Å²) in [6, 6.07) is 14.1. The Morgan fingerprint density at radius 1 is 1.08 bits per heavy atom. The average molecular weight is 373 g/mol. The van der Waals surface area contributed by atoms with Gasteiger partial charge in [0.15, 0.2) is 0 Å². The second kappa shape index (κ2) is 6.93. The summed E-state index contributed by atoms with van der Waals surface area (Å²) in [5, 5.41) is 2.28. The number of aromatic amines is 1. The summed E-state index contributed by atoms with van der Waals surface area (Å²) in [6.07, 6.45) is 2.17. The monoisotopic (exact) mass is 372 g/mol. The molecule has 3 saturated heterocycles. The standard InChI is InChI=1S/C21H21FN2O.ClH/c22-19(18-12-24-9-7-14(18)8-10-24)13-25-15-5-6-21-17(11-15)16-3-1-2-4-20(16)23-21;/h1-6,11,14,23H,7-10,12-13H2;1H/b19-18-;. The van der Waals surface area contributed by atoms with E-state index in [1.165, 1.54) is 5.39 Å². The number of ether oxygens (including phenoxy) is 1. The number of hydrogen-bond donors (Lipinski definition) is 1. The molecule has 5 heteroatoms. The van der Waals surface area contributed by atoms with Crippen LogP contribution in [0.25, 0.3) is 21.8 Å². The SMILES string of the molecule is Cl.F/C(COc1ccc2[nH]c3ccccc3c2c1)=C1/CN2CCC1CC2. The quantitative estimate of drug-likeness (QED) is 0.695. The van der Waals surface area contributed by atoms with Crippen LogP contribution in [0.4, 0.5) is 4.39 Å². The first kappa shape index (κ1) is 17.4.